The number of nitrogens with zero attached hydrogens (tertiary/aromatic N) is 1. The van der Waals surface area contributed by atoms with Crippen LogP contribution in [-0.2, 0) is 11.3 Å². The van der Waals surface area contributed by atoms with Gasteiger partial charge < -0.3 is 15.8 Å². The summed E-state index contributed by atoms with van der Waals surface area (Å²) in [6.45, 7) is 0.981. The Hall–Kier alpha value is -2.86. The van der Waals surface area contributed by atoms with Gasteiger partial charge >= 0.3 is 0 Å². The van der Waals surface area contributed by atoms with Crippen LogP contribution >= 0.6 is 0 Å². The third-order valence-corrected chi connectivity index (χ3v) is 4.39. The number of amides is 2. The van der Waals surface area contributed by atoms with E-state index in [0.29, 0.717) is 30.4 Å². The minimum Gasteiger partial charge on any atom is -0.497 e. The summed E-state index contributed by atoms with van der Waals surface area (Å²) < 4.78 is 5.18. The van der Waals surface area contributed by atoms with Crippen LogP contribution in [0.15, 0.2) is 48.5 Å². The lowest BCUT2D eigenvalue weighted by molar-refractivity contribution is -0.117. The van der Waals surface area contributed by atoms with E-state index in [-0.39, 0.29) is 5.91 Å². The maximum absolute atomic E-state index is 12.4. The number of nitrogens with one attached hydrogen (secondary N) is 1. The van der Waals surface area contributed by atoms with Gasteiger partial charge in [-0.1, -0.05) is 18.2 Å². The van der Waals surface area contributed by atoms with Crippen LogP contribution in [0.2, 0.25) is 0 Å². The molecule has 2 aromatic carbocycles. The highest BCUT2D eigenvalue weighted by Crippen LogP contribution is 2.28. The summed E-state index contributed by atoms with van der Waals surface area (Å²) in [4.78, 5) is 25.8. The van der Waals surface area contributed by atoms with Crippen molar-refractivity contribution < 1.29 is 14.3 Å². The van der Waals surface area contributed by atoms with Gasteiger partial charge in [0.05, 0.1) is 13.7 Å². The molecule has 0 atom stereocenters. The Kier molecular flexibility index (Phi) is 5.53. The van der Waals surface area contributed by atoms with Gasteiger partial charge in [0.2, 0.25) is 11.8 Å². The molecule has 2 aromatic rings. The molecular weight excluding hydrogens is 330 g/mol. The predicted molar refractivity (Wildman–Crippen MR) is 100 cm³/mol. The molecule has 0 aromatic heterocycles. The number of ether oxygens (including phenoxy) is 1. The third-order valence-electron chi connectivity index (χ3n) is 4.39. The molecule has 0 spiro atoms. The summed E-state index contributed by atoms with van der Waals surface area (Å²) >= 11 is 0. The molecule has 1 saturated carbocycles. The first kappa shape index (κ1) is 17.9. The SMILES string of the molecule is COc1cccc(NC(=O)CN(Cc2ccc(C(N)=O)cc2)C2CC2)c1. The predicted octanol–water partition coefficient (Wildman–Crippen LogP) is 2.40. The molecule has 0 heterocycles. The summed E-state index contributed by atoms with van der Waals surface area (Å²) in [5.41, 5.74) is 7.53. The van der Waals surface area contributed by atoms with Crippen LogP contribution in [0, 0.1) is 0 Å². The molecule has 6 heteroatoms. The zero-order valence-electron chi connectivity index (χ0n) is 14.8. The van der Waals surface area contributed by atoms with Crippen LogP contribution in [0.25, 0.3) is 0 Å². The zero-order chi connectivity index (χ0) is 18.5. The number of carbonyl (C=O) groups is 2. The van der Waals surface area contributed by atoms with Crippen molar-refractivity contribution in [2.75, 3.05) is 19.0 Å². The molecule has 0 saturated heterocycles. The molecular formula is C20H23N3O3. The largest absolute Gasteiger partial charge is 0.497 e. The van der Waals surface area contributed by atoms with Gasteiger partial charge in [-0.3, -0.25) is 14.5 Å². The van der Waals surface area contributed by atoms with Crippen molar-refractivity contribution >= 4 is 17.5 Å². The van der Waals surface area contributed by atoms with Crippen molar-refractivity contribution in [3.8, 4) is 5.75 Å². The molecule has 1 fully saturated rings. The van der Waals surface area contributed by atoms with E-state index in [1.54, 1.807) is 25.3 Å². The van der Waals surface area contributed by atoms with Crippen molar-refractivity contribution in [2.24, 2.45) is 5.73 Å². The van der Waals surface area contributed by atoms with Crippen LogP contribution in [0.3, 0.4) is 0 Å². The van der Waals surface area contributed by atoms with Gasteiger partial charge in [0, 0.05) is 29.9 Å². The second kappa shape index (κ2) is 8.01. The minimum absolute atomic E-state index is 0.0566. The molecule has 0 aliphatic heterocycles. The molecule has 3 rings (SSSR count). The number of rotatable bonds is 8. The second-order valence-corrected chi connectivity index (χ2v) is 6.48. The van der Waals surface area contributed by atoms with Crippen molar-refractivity contribution in [1.82, 2.24) is 4.90 Å². The molecule has 0 bridgehead atoms. The molecule has 26 heavy (non-hydrogen) atoms. The summed E-state index contributed by atoms with van der Waals surface area (Å²) in [6, 6.07) is 15.0. The van der Waals surface area contributed by atoms with Gasteiger partial charge in [-0.05, 0) is 42.7 Å². The van der Waals surface area contributed by atoms with Crippen LogP contribution in [0.5, 0.6) is 5.75 Å². The number of hydrogen-bond donors (Lipinski definition) is 2. The number of primary amides is 1. The first-order chi connectivity index (χ1) is 12.5. The lowest BCUT2D eigenvalue weighted by Crippen LogP contribution is -2.34. The van der Waals surface area contributed by atoms with Gasteiger partial charge in [0.1, 0.15) is 5.75 Å². The molecule has 3 N–H and O–H groups in total. The Labute approximate surface area is 152 Å². The lowest BCUT2D eigenvalue weighted by atomic mass is 10.1. The molecule has 1 aliphatic rings. The number of hydrogen-bond acceptors (Lipinski definition) is 4. The highest BCUT2D eigenvalue weighted by Gasteiger charge is 2.30. The Balaban J connectivity index is 1.61. The number of anilines is 1. The fourth-order valence-electron chi connectivity index (χ4n) is 2.85. The number of methoxy groups -OCH3 is 1. The second-order valence-electron chi connectivity index (χ2n) is 6.48. The van der Waals surface area contributed by atoms with Gasteiger partial charge in [-0.2, -0.15) is 0 Å². The van der Waals surface area contributed by atoms with Crippen molar-refractivity contribution in [2.45, 2.75) is 25.4 Å². The molecule has 136 valence electrons. The number of carbonyl (C=O) groups excluding carboxylic acids is 2. The summed E-state index contributed by atoms with van der Waals surface area (Å²) in [5.74, 6) is 0.212. The van der Waals surface area contributed by atoms with E-state index in [9.17, 15) is 9.59 Å². The van der Waals surface area contributed by atoms with E-state index < -0.39 is 5.91 Å². The van der Waals surface area contributed by atoms with Gasteiger partial charge in [-0.15, -0.1) is 0 Å². The van der Waals surface area contributed by atoms with E-state index in [1.807, 2.05) is 30.3 Å². The van der Waals surface area contributed by atoms with E-state index in [1.165, 1.54) is 0 Å². The maximum Gasteiger partial charge on any atom is 0.248 e. The normalized spacial score (nSPS) is 13.5. The highest BCUT2D eigenvalue weighted by atomic mass is 16.5. The molecule has 1 aliphatic carbocycles. The average Bonchev–Trinajstić information content (AvgIpc) is 3.47. The third kappa shape index (κ3) is 4.83. The summed E-state index contributed by atoms with van der Waals surface area (Å²) in [7, 11) is 1.60. The fourth-order valence-corrected chi connectivity index (χ4v) is 2.85. The van der Waals surface area contributed by atoms with Crippen molar-refractivity contribution in [3.63, 3.8) is 0 Å². The average molecular weight is 353 g/mol. The minimum atomic E-state index is -0.437. The monoisotopic (exact) mass is 353 g/mol. The Bertz CT molecular complexity index is 785. The first-order valence-corrected chi connectivity index (χ1v) is 8.62. The first-order valence-electron chi connectivity index (χ1n) is 8.62. The van der Waals surface area contributed by atoms with Crippen LogP contribution < -0.4 is 15.8 Å². The van der Waals surface area contributed by atoms with Crippen LogP contribution in [0.1, 0.15) is 28.8 Å². The van der Waals surface area contributed by atoms with E-state index >= 15 is 0 Å². The molecule has 2 amide bonds. The summed E-state index contributed by atoms with van der Waals surface area (Å²) in [6.07, 6.45) is 2.21. The zero-order valence-corrected chi connectivity index (χ0v) is 14.8. The van der Waals surface area contributed by atoms with Gasteiger partial charge in [0.15, 0.2) is 0 Å². The fraction of sp³-hybridized carbons (Fsp3) is 0.300. The van der Waals surface area contributed by atoms with E-state index in [2.05, 4.69) is 10.2 Å². The Morgan fingerprint density at radius 3 is 2.54 bits per heavy atom. The van der Waals surface area contributed by atoms with Crippen LogP contribution in [0.4, 0.5) is 5.69 Å². The van der Waals surface area contributed by atoms with E-state index in [0.717, 1.165) is 24.1 Å². The smallest absolute Gasteiger partial charge is 0.248 e. The van der Waals surface area contributed by atoms with Gasteiger partial charge in [-0.25, -0.2) is 0 Å². The van der Waals surface area contributed by atoms with Crippen molar-refractivity contribution in [1.29, 1.82) is 0 Å². The van der Waals surface area contributed by atoms with Crippen molar-refractivity contribution in [3.05, 3.63) is 59.7 Å². The van der Waals surface area contributed by atoms with Gasteiger partial charge in [0.25, 0.3) is 0 Å². The highest BCUT2D eigenvalue weighted by molar-refractivity contribution is 5.93. The topological polar surface area (TPSA) is 84.7 Å². The molecule has 0 unspecified atom stereocenters. The molecule has 6 nitrogen and oxygen atoms in total. The lowest BCUT2D eigenvalue weighted by Gasteiger charge is -2.21. The maximum atomic E-state index is 12.4. The Morgan fingerprint density at radius 1 is 1.19 bits per heavy atom. The van der Waals surface area contributed by atoms with E-state index in [4.69, 9.17) is 10.5 Å². The van der Waals surface area contributed by atoms with Crippen LogP contribution in [-0.4, -0.2) is 36.4 Å². The standard InChI is InChI=1S/C20H23N3O3/c1-26-18-4-2-3-16(11-18)22-19(24)13-23(17-9-10-17)12-14-5-7-15(8-6-14)20(21)25/h2-8,11,17H,9-10,12-13H2,1H3,(H2,21,25)(H,22,24). The number of benzene rings is 2. The molecule has 0 radical (unpaired) electrons. The summed E-state index contributed by atoms with van der Waals surface area (Å²) in [5, 5.41) is 2.92. The Morgan fingerprint density at radius 2 is 1.92 bits per heavy atom. The quantitative estimate of drug-likeness (QED) is 0.763. The number of nitrogens with two attached hydrogens (primary N) is 1.